The number of nitrogens with zero attached hydrogens (tertiary/aromatic N) is 1. The predicted molar refractivity (Wildman–Crippen MR) is 76.2 cm³/mol. The number of methoxy groups -OCH3 is 1. The van der Waals surface area contributed by atoms with Crippen LogP contribution in [0.4, 0.5) is 11.4 Å². The number of rotatable bonds is 7. The van der Waals surface area contributed by atoms with Crippen LogP contribution in [0.5, 0.6) is 0 Å². The Morgan fingerprint density at radius 1 is 1.33 bits per heavy atom. The molecule has 0 aliphatic carbocycles. The second-order valence-electron chi connectivity index (χ2n) is 4.27. The van der Waals surface area contributed by atoms with Gasteiger partial charge in [-0.1, -0.05) is 0 Å². The van der Waals surface area contributed by atoms with Crippen molar-refractivity contribution in [2.24, 2.45) is 0 Å². The van der Waals surface area contributed by atoms with E-state index < -0.39 is 10.9 Å². The van der Waals surface area contributed by atoms with Gasteiger partial charge in [0.05, 0.1) is 17.6 Å². The number of hydrogen-bond donors (Lipinski definition) is 2. The molecule has 1 aromatic carbocycles. The maximum Gasteiger partial charge on any atom is 0.338 e. The van der Waals surface area contributed by atoms with Crippen molar-refractivity contribution in [1.29, 1.82) is 0 Å². The Kier molecular flexibility index (Phi) is 6.28. The molecule has 8 heteroatoms. The van der Waals surface area contributed by atoms with Gasteiger partial charge >= 0.3 is 5.97 Å². The van der Waals surface area contributed by atoms with Gasteiger partial charge in [-0.2, -0.15) is 0 Å². The summed E-state index contributed by atoms with van der Waals surface area (Å²) in [6.07, 6.45) is 0.915. The van der Waals surface area contributed by atoms with Crippen molar-refractivity contribution in [1.82, 2.24) is 5.32 Å². The van der Waals surface area contributed by atoms with Crippen LogP contribution < -0.4 is 10.6 Å². The molecule has 2 N–H and O–H groups in total. The average molecular weight is 295 g/mol. The second-order valence-corrected chi connectivity index (χ2v) is 4.27. The molecule has 1 amide bonds. The molecule has 0 radical (unpaired) electrons. The first-order valence-electron chi connectivity index (χ1n) is 6.30. The Labute approximate surface area is 121 Å². The van der Waals surface area contributed by atoms with Crippen molar-refractivity contribution < 1.29 is 19.2 Å². The van der Waals surface area contributed by atoms with Crippen molar-refractivity contribution in [3.05, 3.63) is 33.9 Å². The van der Waals surface area contributed by atoms with Crippen LogP contribution in [0.3, 0.4) is 0 Å². The summed E-state index contributed by atoms with van der Waals surface area (Å²) in [6.45, 7) is 0.690. The quantitative estimate of drug-likeness (QED) is 0.340. The van der Waals surface area contributed by atoms with Crippen LogP contribution in [-0.4, -0.2) is 37.5 Å². The molecule has 0 spiro atoms. The molecule has 0 atom stereocenters. The minimum Gasteiger partial charge on any atom is -0.465 e. The van der Waals surface area contributed by atoms with Crippen LogP contribution in [0, 0.1) is 10.1 Å². The lowest BCUT2D eigenvalue weighted by atomic mass is 10.1. The Hall–Kier alpha value is -2.48. The molecule has 0 aliphatic heterocycles. The maximum absolute atomic E-state index is 11.7. The summed E-state index contributed by atoms with van der Waals surface area (Å²) in [5.41, 5.74) is -0.0836. The van der Waals surface area contributed by atoms with Crippen molar-refractivity contribution in [3.63, 3.8) is 0 Å². The fourth-order valence-corrected chi connectivity index (χ4v) is 1.67. The summed E-state index contributed by atoms with van der Waals surface area (Å²) in [4.78, 5) is 33.4. The highest BCUT2D eigenvalue weighted by molar-refractivity contribution is 5.95. The molecular formula is C13H17N3O5. The van der Waals surface area contributed by atoms with Crippen LogP contribution >= 0.6 is 0 Å². The number of esters is 1. The van der Waals surface area contributed by atoms with Gasteiger partial charge in [-0.25, -0.2) is 4.79 Å². The van der Waals surface area contributed by atoms with Gasteiger partial charge in [-0.3, -0.25) is 14.9 Å². The Balaban J connectivity index is 2.90. The van der Waals surface area contributed by atoms with E-state index in [2.05, 4.69) is 15.4 Å². The zero-order valence-electron chi connectivity index (χ0n) is 11.8. The van der Waals surface area contributed by atoms with Gasteiger partial charge in [0.1, 0.15) is 0 Å². The first-order valence-corrected chi connectivity index (χ1v) is 6.30. The number of carbonyl (C=O) groups excluding carboxylic acids is 2. The second kappa shape index (κ2) is 7.95. The number of amides is 1. The van der Waals surface area contributed by atoms with E-state index in [4.69, 9.17) is 0 Å². The van der Waals surface area contributed by atoms with E-state index in [0.29, 0.717) is 13.0 Å². The number of ether oxygens (including phenoxy) is 1. The van der Waals surface area contributed by atoms with Crippen molar-refractivity contribution >= 4 is 23.3 Å². The molecule has 0 unspecified atom stereocenters. The number of benzene rings is 1. The van der Waals surface area contributed by atoms with Crippen LogP contribution in [-0.2, 0) is 9.53 Å². The lowest BCUT2D eigenvalue weighted by molar-refractivity contribution is -0.384. The molecule has 0 heterocycles. The van der Waals surface area contributed by atoms with Gasteiger partial charge in [-0.05, 0) is 26.1 Å². The van der Waals surface area contributed by atoms with E-state index in [1.54, 1.807) is 7.05 Å². The van der Waals surface area contributed by atoms with E-state index in [-0.39, 0.29) is 29.3 Å². The van der Waals surface area contributed by atoms with E-state index in [1.807, 2.05) is 0 Å². The molecule has 1 rings (SSSR count). The van der Waals surface area contributed by atoms with Crippen LogP contribution in [0.15, 0.2) is 18.2 Å². The van der Waals surface area contributed by atoms with E-state index >= 15 is 0 Å². The van der Waals surface area contributed by atoms with Gasteiger partial charge in [0.2, 0.25) is 5.91 Å². The zero-order valence-corrected chi connectivity index (χ0v) is 11.8. The summed E-state index contributed by atoms with van der Waals surface area (Å²) in [6, 6.07) is 3.64. The van der Waals surface area contributed by atoms with Crippen LogP contribution in [0.25, 0.3) is 0 Å². The lowest BCUT2D eigenvalue weighted by Gasteiger charge is -2.07. The molecule has 0 aliphatic rings. The lowest BCUT2D eigenvalue weighted by Crippen LogP contribution is -2.15. The Bertz CT molecular complexity index is 545. The smallest absolute Gasteiger partial charge is 0.338 e. The van der Waals surface area contributed by atoms with Crippen LogP contribution in [0.2, 0.25) is 0 Å². The van der Waals surface area contributed by atoms with Gasteiger partial charge in [0, 0.05) is 24.2 Å². The topological polar surface area (TPSA) is 111 Å². The maximum atomic E-state index is 11.7. The SMILES string of the molecule is CNCCCC(=O)Nc1cc(C(=O)OC)cc([N+](=O)[O-])c1. The zero-order chi connectivity index (χ0) is 15.8. The van der Waals surface area contributed by atoms with Gasteiger partial charge in [-0.15, -0.1) is 0 Å². The highest BCUT2D eigenvalue weighted by Crippen LogP contribution is 2.21. The molecule has 0 fully saturated rings. The molecule has 0 saturated carbocycles. The monoisotopic (exact) mass is 295 g/mol. The standard InChI is InChI=1S/C13H17N3O5/c1-14-5-3-4-12(17)15-10-6-9(13(18)21-2)7-11(8-10)16(19)20/h6-8,14H,3-5H2,1-2H3,(H,15,17). The summed E-state index contributed by atoms with van der Waals surface area (Å²) in [5.74, 6) is -0.981. The van der Waals surface area contributed by atoms with Crippen LogP contribution in [0.1, 0.15) is 23.2 Å². The molecule has 0 aromatic heterocycles. The summed E-state index contributed by atoms with van der Waals surface area (Å²) in [7, 11) is 2.96. The molecular weight excluding hydrogens is 278 g/mol. The molecule has 1 aromatic rings. The Morgan fingerprint density at radius 2 is 2.05 bits per heavy atom. The van der Waals surface area contributed by atoms with Crippen molar-refractivity contribution in [2.45, 2.75) is 12.8 Å². The fraction of sp³-hybridized carbons (Fsp3) is 0.385. The van der Waals surface area contributed by atoms with Crippen molar-refractivity contribution in [2.75, 3.05) is 26.0 Å². The number of carbonyl (C=O) groups is 2. The van der Waals surface area contributed by atoms with Crippen molar-refractivity contribution in [3.8, 4) is 0 Å². The Morgan fingerprint density at radius 3 is 2.62 bits per heavy atom. The van der Waals surface area contributed by atoms with E-state index in [1.165, 1.54) is 19.2 Å². The number of anilines is 1. The fourth-order valence-electron chi connectivity index (χ4n) is 1.67. The summed E-state index contributed by atoms with van der Waals surface area (Å²) in [5, 5.41) is 16.3. The summed E-state index contributed by atoms with van der Waals surface area (Å²) >= 11 is 0. The van der Waals surface area contributed by atoms with Gasteiger partial charge in [0.25, 0.3) is 5.69 Å². The minimum atomic E-state index is -0.704. The van der Waals surface area contributed by atoms with E-state index in [0.717, 1.165) is 6.07 Å². The number of nitro benzene ring substituents is 1. The average Bonchev–Trinajstić information content (AvgIpc) is 2.46. The van der Waals surface area contributed by atoms with E-state index in [9.17, 15) is 19.7 Å². The number of non-ortho nitro benzene ring substituents is 1. The molecule has 21 heavy (non-hydrogen) atoms. The molecule has 0 saturated heterocycles. The molecule has 114 valence electrons. The summed E-state index contributed by atoms with van der Waals surface area (Å²) < 4.78 is 4.53. The third-order valence-corrected chi connectivity index (χ3v) is 2.66. The largest absolute Gasteiger partial charge is 0.465 e. The third kappa shape index (κ3) is 5.19. The first-order chi connectivity index (χ1) is 9.97. The normalized spacial score (nSPS) is 10.0. The van der Waals surface area contributed by atoms with Gasteiger partial charge < -0.3 is 15.4 Å². The van der Waals surface area contributed by atoms with Gasteiger partial charge in [0.15, 0.2) is 0 Å². The predicted octanol–water partition coefficient (Wildman–Crippen LogP) is 1.32. The third-order valence-electron chi connectivity index (χ3n) is 2.66. The minimum absolute atomic E-state index is 0.0113. The number of nitro groups is 1. The number of nitrogens with one attached hydrogen (secondary N) is 2. The number of hydrogen-bond acceptors (Lipinski definition) is 6. The highest BCUT2D eigenvalue weighted by Gasteiger charge is 2.15. The highest BCUT2D eigenvalue weighted by atomic mass is 16.6. The molecule has 0 bridgehead atoms. The molecule has 8 nitrogen and oxygen atoms in total. The first kappa shape index (κ1) is 16.6.